The van der Waals surface area contributed by atoms with Crippen molar-refractivity contribution in [3.8, 4) is 11.5 Å². The van der Waals surface area contributed by atoms with Gasteiger partial charge in [-0.2, -0.15) is 0 Å². The quantitative estimate of drug-likeness (QED) is 0.814. The fourth-order valence-corrected chi connectivity index (χ4v) is 2.46. The summed E-state index contributed by atoms with van der Waals surface area (Å²) < 4.78 is 5.64. The molecule has 1 fully saturated rings. The Morgan fingerprint density at radius 3 is 2.70 bits per heavy atom. The minimum absolute atomic E-state index is 0.585. The van der Waals surface area contributed by atoms with Crippen LogP contribution in [0.1, 0.15) is 18.7 Å². The van der Waals surface area contributed by atoms with E-state index >= 15 is 0 Å². The summed E-state index contributed by atoms with van der Waals surface area (Å²) in [6.45, 7) is 5.16. The molecule has 0 saturated carbocycles. The monoisotopic (exact) mass is 272 g/mol. The SMILES string of the molecule is c1ccc(-c2nnc(CNCCN3CCCC3)o2)cc1. The molecule has 2 aromatic rings. The van der Waals surface area contributed by atoms with Crippen molar-refractivity contribution >= 4 is 0 Å². The van der Waals surface area contributed by atoms with Gasteiger partial charge in [-0.15, -0.1) is 10.2 Å². The highest BCUT2D eigenvalue weighted by atomic mass is 16.4. The van der Waals surface area contributed by atoms with Crippen molar-refractivity contribution in [2.75, 3.05) is 26.2 Å². The molecule has 0 unspecified atom stereocenters. The van der Waals surface area contributed by atoms with E-state index in [1.807, 2.05) is 30.3 Å². The van der Waals surface area contributed by atoms with Crippen molar-refractivity contribution in [1.82, 2.24) is 20.4 Å². The van der Waals surface area contributed by atoms with Gasteiger partial charge in [0.05, 0.1) is 6.54 Å². The van der Waals surface area contributed by atoms with Crippen molar-refractivity contribution < 1.29 is 4.42 Å². The molecule has 20 heavy (non-hydrogen) atoms. The second-order valence-corrected chi connectivity index (χ2v) is 5.09. The Kier molecular flexibility index (Phi) is 4.40. The molecule has 0 bridgehead atoms. The molecule has 2 heterocycles. The van der Waals surface area contributed by atoms with Gasteiger partial charge in [-0.3, -0.25) is 0 Å². The molecule has 1 N–H and O–H groups in total. The van der Waals surface area contributed by atoms with Crippen LogP contribution in [-0.4, -0.2) is 41.3 Å². The van der Waals surface area contributed by atoms with Crippen molar-refractivity contribution in [1.29, 1.82) is 0 Å². The van der Waals surface area contributed by atoms with Gasteiger partial charge in [-0.05, 0) is 38.1 Å². The zero-order chi connectivity index (χ0) is 13.6. The van der Waals surface area contributed by atoms with Crippen molar-refractivity contribution in [3.63, 3.8) is 0 Å². The Hall–Kier alpha value is -1.72. The Bertz CT molecular complexity index is 520. The molecule has 5 heteroatoms. The van der Waals surface area contributed by atoms with E-state index in [0.29, 0.717) is 18.3 Å². The maximum absolute atomic E-state index is 5.64. The average molecular weight is 272 g/mol. The highest BCUT2D eigenvalue weighted by Gasteiger charge is 2.11. The largest absolute Gasteiger partial charge is 0.419 e. The van der Waals surface area contributed by atoms with Gasteiger partial charge in [-0.1, -0.05) is 18.2 Å². The minimum Gasteiger partial charge on any atom is -0.419 e. The molecular formula is C15H20N4O. The lowest BCUT2D eigenvalue weighted by Crippen LogP contribution is -2.29. The lowest BCUT2D eigenvalue weighted by Gasteiger charge is -2.13. The summed E-state index contributed by atoms with van der Waals surface area (Å²) in [7, 11) is 0. The van der Waals surface area contributed by atoms with Crippen LogP contribution >= 0.6 is 0 Å². The molecule has 0 atom stereocenters. The van der Waals surface area contributed by atoms with Crippen LogP contribution in [0, 0.1) is 0 Å². The number of hydrogen-bond donors (Lipinski definition) is 1. The van der Waals surface area contributed by atoms with Crippen LogP contribution in [0.2, 0.25) is 0 Å². The van der Waals surface area contributed by atoms with E-state index in [1.165, 1.54) is 25.9 Å². The van der Waals surface area contributed by atoms with Gasteiger partial charge in [-0.25, -0.2) is 0 Å². The number of benzene rings is 1. The summed E-state index contributed by atoms with van der Waals surface area (Å²) in [4.78, 5) is 2.48. The number of hydrogen-bond acceptors (Lipinski definition) is 5. The maximum atomic E-state index is 5.64. The van der Waals surface area contributed by atoms with Gasteiger partial charge in [0, 0.05) is 18.7 Å². The lowest BCUT2D eigenvalue weighted by molar-refractivity contribution is 0.332. The van der Waals surface area contributed by atoms with Gasteiger partial charge >= 0.3 is 0 Å². The molecule has 0 radical (unpaired) electrons. The zero-order valence-corrected chi connectivity index (χ0v) is 11.6. The standard InChI is InChI=1S/C15H20N4O/c1-2-6-13(7-3-1)15-18-17-14(20-15)12-16-8-11-19-9-4-5-10-19/h1-3,6-7,16H,4-5,8-12H2. The van der Waals surface area contributed by atoms with Crippen LogP contribution in [0.25, 0.3) is 11.5 Å². The second kappa shape index (κ2) is 6.63. The predicted octanol–water partition coefficient (Wildman–Crippen LogP) is 1.92. The number of nitrogens with one attached hydrogen (secondary N) is 1. The topological polar surface area (TPSA) is 54.2 Å². The molecule has 3 rings (SSSR count). The molecule has 1 saturated heterocycles. The maximum Gasteiger partial charge on any atom is 0.247 e. The van der Waals surface area contributed by atoms with E-state index in [2.05, 4.69) is 20.4 Å². The van der Waals surface area contributed by atoms with Gasteiger partial charge in [0.2, 0.25) is 11.8 Å². The molecular weight excluding hydrogens is 252 g/mol. The third-order valence-electron chi connectivity index (χ3n) is 3.57. The summed E-state index contributed by atoms with van der Waals surface area (Å²) >= 11 is 0. The fraction of sp³-hybridized carbons (Fsp3) is 0.467. The summed E-state index contributed by atoms with van der Waals surface area (Å²) in [5.41, 5.74) is 0.961. The molecule has 106 valence electrons. The highest BCUT2D eigenvalue weighted by molar-refractivity contribution is 5.51. The molecule has 5 nitrogen and oxygen atoms in total. The Morgan fingerprint density at radius 1 is 1.10 bits per heavy atom. The van der Waals surface area contributed by atoms with E-state index in [1.54, 1.807) is 0 Å². The third-order valence-corrected chi connectivity index (χ3v) is 3.57. The van der Waals surface area contributed by atoms with Crippen molar-refractivity contribution in [3.05, 3.63) is 36.2 Å². The van der Waals surface area contributed by atoms with Crippen LogP contribution in [-0.2, 0) is 6.54 Å². The number of rotatable bonds is 6. The van der Waals surface area contributed by atoms with Crippen LogP contribution < -0.4 is 5.32 Å². The average Bonchev–Trinajstić information content (AvgIpc) is 3.16. The van der Waals surface area contributed by atoms with E-state index in [4.69, 9.17) is 4.42 Å². The molecule has 1 aromatic heterocycles. The van der Waals surface area contributed by atoms with Gasteiger partial charge in [0.25, 0.3) is 0 Å². The highest BCUT2D eigenvalue weighted by Crippen LogP contribution is 2.16. The van der Waals surface area contributed by atoms with Gasteiger partial charge in [0.1, 0.15) is 0 Å². The summed E-state index contributed by atoms with van der Waals surface area (Å²) in [5, 5.41) is 11.5. The molecule has 1 aromatic carbocycles. The van der Waals surface area contributed by atoms with E-state index in [9.17, 15) is 0 Å². The summed E-state index contributed by atoms with van der Waals surface area (Å²) in [5.74, 6) is 1.23. The molecule has 1 aliphatic rings. The van der Waals surface area contributed by atoms with Crippen LogP contribution in [0.15, 0.2) is 34.7 Å². The first kappa shape index (κ1) is 13.3. The molecule has 0 spiro atoms. The molecule has 0 amide bonds. The van der Waals surface area contributed by atoms with Crippen molar-refractivity contribution in [2.24, 2.45) is 0 Å². The number of aromatic nitrogens is 2. The molecule has 0 aliphatic carbocycles. The summed E-state index contributed by atoms with van der Waals surface area (Å²) in [6, 6.07) is 9.85. The second-order valence-electron chi connectivity index (χ2n) is 5.09. The van der Waals surface area contributed by atoms with E-state index in [-0.39, 0.29) is 0 Å². The van der Waals surface area contributed by atoms with Gasteiger partial charge in [0.15, 0.2) is 0 Å². The smallest absolute Gasteiger partial charge is 0.247 e. The first-order valence-corrected chi connectivity index (χ1v) is 7.23. The number of nitrogens with zero attached hydrogens (tertiary/aromatic N) is 3. The van der Waals surface area contributed by atoms with Crippen LogP contribution in [0.3, 0.4) is 0 Å². The van der Waals surface area contributed by atoms with Gasteiger partial charge < -0.3 is 14.6 Å². The Balaban J connectivity index is 1.45. The zero-order valence-electron chi connectivity index (χ0n) is 11.6. The van der Waals surface area contributed by atoms with E-state index in [0.717, 1.165) is 18.7 Å². The molecule has 1 aliphatic heterocycles. The minimum atomic E-state index is 0.585. The predicted molar refractivity (Wildman–Crippen MR) is 77.1 cm³/mol. The van der Waals surface area contributed by atoms with Crippen LogP contribution in [0.4, 0.5) is 0 Å². The lowest BCUT2D eigenvalue weighted by atomic mass is 10.2. The summed E-state index contributed by atoms with van der Waals surface area (Å²) in [6.07, 6.45) is 2.67. The first-order valence-electron chi connectivity index (χ1n) is 7.23. The van der Waals surface area contributed by atoms with Crippen LogP contribution in [0.5, 0.6) is 0 Å². The van der Waals surface area contributed by atoms with Crippen molar-refractivity contribution in [2.45, 2.75) is 19.4 Å². The number of likely N-dealkylation sites (tertiary alicyclic amines) is 1. The third kappa shape index (κ3) is 3.43. The van der Waals surface area contributed by atoms with E-state index < -0.39 is 0 Å². The normalized spacial score (nSPS) is 15.8. The first-order chi connectivity index (χ1) is 9.92. The Morgan fingerprint density at radius 2 is 1.90 bits per heavy atom. The fourth-order valence-electron chi connectivity index (χ4n) is 2.46. The Labute approximate surface area is 119 Å².